The predicted octanol–water partition coefficient (Wildman–Crippen LogP) is 3.84. The van der Waals surface area contributed by atoms with Gasteiger partial charge < -0.3 is 5.32 Å². The number of thiophene rings is 1. The molecule has 4 nitrogen and oxygen atoms in total. The Kier molecular flexibility index (Phi) is 6.13. The molecule has 1 amide bonds. The number of benzene rings is 1. The Morgan fingerprint density at radius 2 is 2.05 bits per heavy atom. The third-order valence-corrected chi connectivity index (χ3v) is 4.73. The summed E-state index contributed by atoms with van der Waals surface area (Å²) < 4.78 is 1.10. The van der Waals surface area contributed by atoms with Crippen LogP contribution in [0.25, 0.3) is 0 Å². The maximum absolute atomic E-state index is 12.1. The lowest BCUT2D eigenvalue weighted by atomic mass is 10.2. The van der Waals surface area contributed by atoms with Crippen molar-refractivity contribution in [1.29, 1.82) is 5.26 Å². The summed E-state index contributed by atoms with van der Waals surface area (Å²) in [6, 6.07) is 13.0. The first-order valence-electron chi connectivity index (χ1n) is 6.87. The average Bonchev–Trinajstić information content (AvgIpc) is 2.92. The first-order valence-corrected chi connectivity index (χ1v) is 8.48. The molecule has 1 aromatic heterocycles. The SMILES string of the molecule is CCN(CC(=O)Nc1ccc(C#N)cc1)Cc1ccc(Br)s1. The predicted molar refractivity (Wildman–Crippen MR) is 92.8 cm³/mol. The van der Waals surface area contributed by atoms with E-state index in [2.05, 4.69) is 38.3 Å². The third-order valence-electron chi connectivity index (χ3n) is 3.12. The first-order chi connectivity index (χ1) is 10.6. The van der Waals surface area contributed by atoms with E-state index in [1.807, 2.05) is 13.0 Å². The fraction of sp³-hybridized carbons (Fsp3) is 0.250. The highest BCUT2D eigenvalue weighted by Crippen LogP contribution is 2.23. The summed E-state index contributed by atoms with van der Waals surface area (Å²) >= 11 is 5.13. The molecule has 1 heterocycles. The molecule has 0 bridgehead atoms. The van der Waals surface area contributed by atoms with Gasteiger partial charge in [-0.1, -0.05) is 6.92 Å². The summed E-state index contributed by atoms with van der Waals surface area (Å²) in [6.45, 7) is 3.94. The molecule has 2 rings (SSSR count). The lowest BCUT2D eigenvalue weighted by molar-refractivity contribution is -0.117. The normalized spacial score (nSPS) is 10.5. The number of nitrogens with zero attached hydrogens (tertiary/aromatic N) is 2. The molecule has 114 valence electrons. The maximum atomic E-state index is 12.1. The van der Waals surface area contributed by atoms with Gasteiger partial charge in [0.1, 0.15) is 0 Å². The van der Waals surface area contributed by atoms with Crippen molar-refractivity contribution in [2.45, 2.75) is 13.5 Å². The Bertz CT molecular complexity index is 675. The average molecular weight is 378 g/mol. The van der Waals surface area contributed by atoms with Crippen LogP contribution in [0.3, 0.4) is 0 Å². The van der Waals surface area contributed by atoms with E-state index in [4.69, 9.17) is 5.26 Å². The molecule has 0 aliphatic carbocycles. The van der Waals surface area contributed by atoms with E-state index in [0.29, 0.717) is 17.8 Å². The largest absolute Gasteiger partial charge is 0.325 e. The van der Waals surface area contributed by atoms with Crippen LogP contribution in [0.2, 0.25) is 0 Å². The molecule has 0 saturated heterocycles. The zero-order chi connectivity index (χ0) is 15.9. The van der Waals surface area contributed by atoms with Crippen molar-refractivity contribution < 1.29 is 4.79 Å². The van der Waals surface area contributed by atoms with E-state index in [0.717, 1.165) is 16.9 Å². The van der Waals surface area contributed by atoms with Crippen molar-refractivity contribution in [2.24, 2.45) is 0 Å². The molecule has 0 unspecified atom stereocenters. The van der Waals surface area contributed by atoms with Gasteiger partial charge in [-0.3, -0.25) is 9.69 Å². The molecular formula is C16H16BrN3OS. The maximum Gasteiger partial charge on any atom is 0.238 e. The van der Waals surface area contributed by atoms with Crippen molar-refractivity contribution in [3.8, 4) is 6.07 Å². The van der Waals surface area contributed by atoms with E-state index in [1.54, 1.807) is 35.6 Å². The highest BCUT2D eigenvalue weighted by atomic mass is 79.9. The molecule has 1 N–H and O–H groups in total. The smallest absolute Gasteiger partial charge is 0.238 e. The number of halogens is 1. The van der Waals surface area contributed by atoms with Gasteiger partial charge in [-0.15, -0.1) is 11.3 Å². The minimum atomic E-state index is -0.0535. The molecule has 0 aliphatic rings. The van der Waals surface area contributed by atoms with Gasteiger partial charge in [0, 0.05) is 17.1 Å². The Hall–Kier alpha value is -1.68. The minimum Gasteiger partial charge on any atom is -0.325 e. The summed E-state index contributed by atoms with van der Waals surface area (Å²) in [5, 5.41) is 11.6. The van der Waals surface area contributed by atoms with Gasteiger partial charge in [0.05, 0.1) is 22.0 Å². The molecule has 22 heavy (non-hydrogen) atoms. The zero-order valence-corrected chi connectivity index (χ0v) is 14.6. The quantitative estimate of drug-likeness (QED) is 0.831. The Balaban J connectivity index is 1.89. The van der Waals surface area contributed by atoms with Crippen molar-refractivity contribution in [1.82, 2.24) is 4.90 Å². The highest BCUT2D eigenvalue weighted by molar-refractivity contribution is 9.11. The number of nitriles is 1. The van der Waals surface area contributed by atoms with Crippen LogP contribution < -0.4 is 5.32 Å². The minimum absolute atomic E-state index is 0.0535. The Labute approximate surface area is 142 Å². The molecule has 6 heteroatoms. The summed E-state index contributed by atoms with van der Waals surface area (Å²) in [7, 11) is 0. The van der Waals surface area contributed by atoms with Gasteiger partial charge in [-0.25, -0.2) is 0 Å². The van der Waals surface area contributed by atoms with Crippen LogP contribution in [0.15, 0.2) is 40.2 Å². The lowest BCUT2D eigenvalue weighted by Crippen LogP contribution is -2.32. The van der Waals surface area contributed by atoms with Crippen LogP contribution in [0.5, 0.6) is 0 Å². The summed E-state index contributed by atoms with van der Waals surface area (Å²) in [5.41, 5.74) is 1.29. The topological polar surface area (TPSA) is 56.1 Å². The van der Waals surface area contributed by atoms with Gasteiger partial charge in [-0.2, -0.15) is 5.26 Å². The van der Waals surface area contributed by atoms with E-state index >= 15 is 0 Å². The van der Waals surface area contributed by atoms with E-state index in [9.17, 15) is 4.79 Å². The zero-order valence-electron chi connectivity index (χ0n) is 12.2. The van der Waals surface area contributed by atoms with Crippen LogP contribution in [0.1, 0.15) is 17.4 Å². The molecule has 0 atom stereocenters. The van der Waals surface area contributed by atoms with Crippen LogP contribution >= 0.6 is 27.3 Å². The fourth-order valence-corrected chi connectivity index (χ4v) is 3.49. The number of hydrogen-bond donors (Lipinski definition) is 1. The van der Waals surface area contributed by atoms with Gasteiger partial charge in [0.15, 0.2) is 0 Å². The summed E-state index contributed by atoms with van der Waals surface area (Å²) in [4.78, 5) is 15.4. The van der Waals surface area contributed by atoms with Gasteiger partial charge in [0.2, 0.25) is 5.91 Å². The van der Waals surface area contributed by atoms with E-state index in [-0.39, 0.29) is 5.91 Å². The van der Waals surface area contributed by atoms with Gasteiger partial charge in [0.25, 0.3) is 0 Å². The molecule has 0 fully saturated rings. The Morgan fingerprint density at radius 3 is 2.59 bits per heavy atom. The van der Waals surface area contributed by atoms with E-state index < -0.39 is 0 Å². The monoisotopic (exact) mass is 377 g/mol. The lowest BCUT2D eigenvalue weighted by Gasteiger charge is -2.19. The molecular weight excluding hydrogens is 362 g/mol. The van der Waals surface area contributed by atoms with Gasteiger partial charge >= 0.3 is 0 Å². The highest BCUT2D eigenvalue weighted by Gasteiger charge is 2.11. The summed E-state index contributed by atoms with van der Waals surface area (Å²) in [6.07, 6.45) is 0. The second kappa shape index (κ2) is 8.08. The second-order valence-electron chi connectivity index (χ2n) is 4.75. The molecule has 0 radical (unpaired) electrons. The van der Waals surface area contributed by atoms with Crippen LogP contribution in [-0.2, 0) is 11.3 Å². The number of hydrogen-bond acceptors (Lipinski definition) is 4. The number of anilines is 1. The number of nitrogens with one attached hydrogen (secondary N) is 1. The number of rotatable bonds is 6. The van der Waals surface area contributed by atoms with Gasteiger partial charge in [-0.05, 0) is 58.9 Å². The molecule has 0 aliphatic heterocycles. The molecule has 0 spiro atoms. The van der Waals surface area contributed by atoms with Crippen molar-refractivity contribution in [2.75, 3.05) is 18.4 Å². The standard InChI is InChI=1S/C16H16BrN3OS/c1-2-20(10-14-7-8-15(17)22-14)11-16(21)19-13-5-3-12(9-18)4-6-13/h3-8H,2,10-11H2,1H3,(H,19,21). The van der Waals surface area contributed by atoms with Crippen molar-refractivity contribution >= 4 is 38.9 Å². The first kappa shape index (κ1) is 16.7. The second-order valence-corrected chi connectivity index (χ2v) is 7.29. The van der Waals surface area contributed by atoms with Crippen LogP contribution in [0, 0.1) is 11.3 Å². The number of carbonyl (C=O) groups is 1. The fourth-order valence-electron chi connectivity index (χ4n) is 1.97. The summed E-state index contributed by atoms with van der Waals surface area (Å²) in [5.74, 6) is -0.0535. The Morgan fingerprint density at radius 1 is 1.32 bits per heavy atom. The number of amides is 1. The number of carbonyl (C=O) groups excluding carboxylic acids is 1. The number of likely N-dealkylation sites (N-methyl/N-ethyl adjacent to an activating group) is 1. The molecule has 0 saturated carbocycles. The van der Waals surface area contributed by atoms with Crippen LogP contribution in [-0.4, -0.2) is 23.9 Å². The third kappa shape index (κ3) is 4.95. The molecule has 1 aromatic carbocycles. The van der Waals surface area contributed by atoms with Crippen molar-refractivity contribution in [3.05, 3.63) is 50.6 Å². The molecule has 2 aromatic rings. The van der Waals surface area contributed by atoms with Crippen LogP contribution in [0.4, 0.5) is 5.69 Å². The van der Waals surface area contributed by atoms with E-state index in [1.165, 1.54) is 4.88 Å². The van der Waals surface area contributed by atoms with Crippen molar-refractivity contribution in [3.63, 3.8) is 0 Å².